The van der Waals surface area contributed by atoms with Gasteiger partial charge in [-0.05, 0) is 18.2 Å². The number of para-hydroxylation sites is 1. The van der Waals surface area contributed by atoms with E-state index in [2.05, 4.69) is 57.2 Å². The van der Waals surface area contributed by atoms with Gasteiger partial charge in [-0.1, -0.05) is 31.2 Å². The second-order valence-corrected chi connectivity index (χ2v) is 5.13. The molecule has 0 radical (unpaired) electrons. The number of hydrogen-bond acceptors (Lipinski definition) is 3. The van der Waals surface area contributed by atoms with Gasteiger partial charge in [-0.25, -0.2) is 4.98 Å². The van der Waals surface area contributed by atoms with Gasteiger partial charge < -0.3 is 9.88 Å². The molecule has 0 fully saturated rings. The van der Waals surface area contributed by atoms with Crippen LogP contribution in [-0.4, -0.2) is 27.6 Å². The first kappa shape index (κ1) is 13.8. The summed E-state index contributed by atoms with van der Waals surface area (Å²) in [6.07, 6.45) is 6.85. The van der Waals surface area contributed by atoms with Crippen molar-refractivity contribution in [3.05, 3.63) is 60.3 Å². The Morgan fingerprint density at radius 2 is 2.05 bits per heavy atom. The fraction of sp³-hybridized carbons (Fsp3) is 0.294. The number of fused-ring (bicyclic) bond motifs is 1. The molecule has 0 atom stereocenters. The zero-order valence-electron chi connectivity index (χ0n) is 12.3. The van der Waals surface area contributed by atoms with E-state index in [9.17, 15) is 0 Å². The summed E-state index contributed by atoms with van der Waals surface area (Å²) in [6.45, 7) is 4.90. The van der Waals surface area contributed by atoms with E-state index in [0.717, 1.165) is 37.3 Å². The molecule has 4 nitrogen and oxygen atoms in total. The number of nitrogens with one attached hydrogen (secondary N) is 1. The number of nitrogens with zero attached hydrogens (tertiary/aromatic N) is 3. The van der Waals surface area contributed by atoms with Crippen LogP contribution in [0.4, 0.5) is 0 Å². The highest BCUT2D eigenvalue weighted by molar-refractivity contribution is 5.81. The Labute approximate surface area is 124 Å². The Kier molecular flexibility index (Phi) is 4.26. The third-order valence-electron chi connectivity index (χ3n) is 3.56. The van der Waals surface area contributed by atoms with Crippen LogP contribution >= 0.6 is 0 Å². The number of benzene rings is 1. The van der Waals surface area contributed by atoms with Crippen molar-refractivity contribution in [3.63, 3.8) is 0 Å². The van der Waals surface area contributed by atoms with Gasteiger partial charge in [0.1, 0.15) is 0 Å². The maximum absolute atomic E-state index is 4.50. The van der Waals surface area contributed by atoms with Crippen LogP contribution in [0.15, 0.2) is 49.1 Å². The molecule has 0 aliphatic rings. The van der Waals surface area contributed by atoms with E-state index in [1.807, 2.05) is 18.6 Å². The minimum Gasteiger partial charge on any atom is -0.333 e. The van der Waals surface area contributed by atoms with E-state index in [0.29, 0.717) is 0 Å². The van der Waals surface area contributed by atoms with Crippen LogP contribution in [0.1, 0.15) is 18.2 Å². The van der Waals surface area contributed by atoms with Gasteiger partial charge in [0.2, 0.25) is 0 Å². The van der Waals surface area contributed by atoms with E-state index >= 15 is 0 Å². The minimum absolute atomic E-state index is 0.808. The van der Waals surface area contributed by atoms with E-state index in [4.69, 9.17) is 0 Å². The second-order valence-electron chi connectivity index (χ2n) is 5.13. The Morgan fingerprint density at radius 3 is 2.95 bits per heavy atom. The maximum Gasteiger partial charge on any atom is 0.0952 e. The third-order valence-corrected chi connectivity index (χ3v) is 3.56. The van der Waals surface area contributed by atoms with Gasteiger partial charge in [0.15, 0.2) is 0 Å². The minimum atomic E-state index is 0.808. The standard InChI is InChI=1S/C17H20N4/c1-2-18-10-8-16-12-21(13-20-16)11-15-6-3-5-14-7-4-9-19-17(14)15/h3-7,9,12-13,18H,2,8,10-11H2,1H3. The van der Waals surface area contributed by atoms with Crippen LogP contribution in [0.3, 0.4) is 0 Å². The van der Waals surface area contributed by atoms with Crippen LogP contribution < -0.4 is 5.32 Å². The van der Waals surface area contributed by atoms with Crippen molar-refractivity contribution in [2.24, 2.45) is 0 Å². The van der Waals surface area contributed by atoms with Crippen LogP contribution in [0.25, 0.3) is 10.9 Å². The quantitative estimate of drug-likeness (QED) is 0.706. The van der Waals surface area contributed by atoms with Crippen molar-refractivity contribution in [3.8, 4) is 0 Å². The lowest BCUT2D eigenvalue weighted by atomic mass is 10.1. The highest BCUT2D eigenvalue weighted by atomic mass is 15.0. The topological polar surface area (TPSA) is 42.7 Å². The number of imidazole rings is 1. The van der Waals surface area contributed by atoms with Crippen LogP contribution in [0, 0.1) is 0 Å². The van der Waals surface area contributed by atoms with Crippen LogP contribution in [0.5, 0.6) is 0 Å². The first-order valence-electron chi connectivity index (χ1n) is 7.41. The maximum atomic E-state index is 4.50. The lowest BCUT2D eigenvalue weighted by Crippen LogP contribution is -2.16. The summed E-state index contributed by atoms with van der Waals surface area (Å²) in [4.78, 5) is 8.97. The lowest BCUT2D eigenvalue weighted by Gasteiger charge is -2.06. The number of rotatable bonds is 6. The molecule has 0 saturated carbocycles. The molecule has 0 amide bonds. The summed E-state index contributed by atoms with van der Waals surface area (Å²) in [5, 5.41) is 4.50. The summed E-state index contributed by atoms with van der Waals surface area (Å²) >= 11 is 0. The number of pyridine rings is 1. The SMILES string of the molecule is CCNCCc1cn(Cc2cccc3cccnc23)cn1. The summed E-state index contributed by atoms with van der Waals surface area (Å²) in [5.74, 6) is 0. The predicted molar refractivity (Wildman–Crippen MR) is 85.3 cm³/mol. The van der Waals surface area contributed by atoms with E-state index in [1.165, 1.54) is 10.9 Å². The van der Waals surface area contributed by atoms with Gasteiger partial charge >= 0.3 is 0 Å². The van der Waals surface area contributed by atoms with Gasteiger partial charge in [0.05, 0.1) is 24.1 Å². The Balaban J connectivity index is 1.76. The molecule has 1 aromatic carbocycles. The Hall–Kier alpha value is -2.20. The van der Waals surface area contributed by atoms with E-state index in [1.54, 1.807) is 0 Å². The van der Waals surface area contributed by atoms with Crippen molar-refractivity contribution in [2.45, 2.75) is 19.9 Å². The Bertz CT molecular complexity index is 712. The average Bonchev–Trinajstić information content (AvgIpc) is 2.96. The molecular formula is C17H20N4. The molecule has 0 spiro atoms. The van der Waals surface area contributed by atoms with Gasteiger partial charge in [-0.2, -0.15) is 0 Å². The predicted octanol–water partition coefficient (Wildman–Crippen LogP) is 2.63. The second kappa shape index (κ2) is 6.50. The molecule has 0 saturated heterocycles. The summed E-state index contributed by atoms with van der Waals surface area (Å²) < 4.78 is 2.13. The molecule has 0 bridgehead atoms. The van der Waals surface area contributed by atoms with Crippen molar-refractivity contribution < 1.29 is 0 Å². The Morgan fingerprint density at radius 1 is 1.14 bits per heavy atom. The molecule has 3 aromatic rings. The molecule has 4 heteroatoms. The molecule has 1 N–H and O–H groups in total. The third kappa shape index (κ3) is 3.28. The van der Waals surface area contributed by atoms with Crippen molar-refractivity contribution in [1.29, 1.82) is 0 Å². The molecule has 108 valence electrons. The molecule has 2 aromatic heterocycles. The number of hydrogen-bond donors (Lipinski definition) is 1. The fourth-order valence-electron chi connectivity index (χ4n) is 2.51. The molecule has 0 aliphatic heterocycles. The highest BCUT2D eigenvalue weighted by Gasteiger charge is 2.04. The average molecular weight is 280 g/mol. The van der Waals surface area contributed by atoms with Crippen LogP contribution in [-0.2, 0) is 13.0 Å². The smallest absolute Gasteiger partial charge is 0.0952 e. The number of likely N-dealkylation sites (N-methyl/N-ethyl adjacent to an activating group) is 1. The monoisotopic (exact) mass is 280 g/mol. The zero-order chi connectivity index (χ0) is 14.5. The highest BCUT2D eigenvalue weighted by Crippen LogP contribution is 2.17. The molecule has 0 aliphatic carbocycles. The van der Waals surface area contributed by atoms with Gasteiger partial charge in [-0.15, -0.1) is 0 Å². The zero-order valence-corrected chi connectivity index (χ0v) is 12.3. The molecule has 0 unspecified atom stereocenters. The first-order chi connectivity index (χ1) is 10.4. The first-order valence-corrected chi connectivity index (χ1v) is 7.41. The molecule has 21 heavy (non-hydrogen) atoms. The van der Waals surface area contributed by atoms with Gasteiger partial charge in [-0.3, -0.25) is 4.98 Å². The fourth-order valence-corrected chi connectivity index (χ4v) is 2.51. The van der Waals surface area contributed by atoms with Crippen molar-refractivity contribution in [2.75, 3.05) is 13.1 Å². The summed E-state index contributed by atoms with van der Waals surface area (Å²) in [5.41, 5.74) is 3.43. The van der Waals surface area contributed by atoms with E-state index in [-0.39, 0.29) is 0 Å². The molecule has 3 rings (SSSR count). The molecule has 2 heterocycles. The number of aromatic nitrogens is 3. The van der Waals surface area contributed by atoms with Crippen molar-refractivity contribution in [1.82, 2.24) is 19.9 Å². The van der Waals surface area contributed by atoms with E-state index < -0.39 is 0 Å². The van der Waals surface area contributed by atoms with Gasteiger partial charge in [0.25, 0.3) is 0 Å². The largest absolute Gasteiger partial charge is 0.333 e. The van der Waals surface area contributed by atoms with Crippen LogP contribution in [0.2, 0.25) is 0 Å². The van der Waals surface area contributed by atoms with Gasteiger partial charge in [0, 0.05) is 30.7 Å². The van der Waals surface area contributed by atoms with Crippen molar-refractivity contribution >= 4 is 10.9 Å². The molecular weight excluding hydrogens is 260 g/mol. The lowest BCUT2D eigenvalue weighted by molar-refractivity contribution is 0.709. The summed E-state index contributed by atoms with van der Waals surface area (Å²) in [7, 11) is 0. The summed E-state index contributed by atoms with van der Waals surface area (Å²) in [6, 6.07) is 10.4. The normalized spacial score (nSPS) is 11.1.